The number of carbonyl (C=O) groups is 1. The van der Waals surface area contributed by atoms with E-state index in [0.29, 0.717) is 28.0 Å². The number of nitrogens with zero attached hydrogens (tertiary/aromatic N) is 4. The number of benzene rings is 2. The molecule has 1 aliphatic rings. The monoisotopic (exact) mass is 378 g/mol. The van der Waals surface area contributed by atoms with Gasteiger partial charge in [0.05, 0.1) is 18.0 Å². The van der Waals surface area contributed by atoms with Gasteiger partial charge in [0.15, 0.2) is 0 Å². The Kier molecular flexibility index (Phi) is 4.31. The minimum Gasteiger partial charge on any atom is -0.497 e. The van der Waals surface area contributed by atoms with Crippen LogP contribution in [0.1, 0.15) is 24.5 Å². The maximum atomic E-state index is 13.0. The Morgan fingerprint density at radius 1 is 1.14 bits per heavy atom. The van der Waals surface area contributed by atoms with Crippen LogP contribution in [0.2, 0.25) is 0 Å². The van der Waals surface area contributed by atoms with E-state index in [-0.39, 0.29) is 17.5 Å². The van der Waals surface area contributed by atoms with Crippen LogP contribution in [0.4, 0.5) is 0 Å². The van der Waals surface area contributed by atoms with Gasteiger partial charge in [-0.1, -0.05) is 12.1 Å². The molecular formula is C20H18N4O4. The number of carbonyl (C=O) groups excluding carboxylic acids is 1. The molecule has 1 aromatic heterocycles. The molecule has 2 heterocycles. The summed E-state index contributed by atoms with van der Waals surface area (Å²) in [4.78, 5) is 29.6. The summed E-state index contributed by atoms with van der Waals surface area (Å²) in [6.07, 6.45) is -0.781. The maximum Gasteiger partial charge on any atom is 0.324 e. The second kappa shape index (κ2) is 6.80. The van der Waals surface area contributed by atoms with Gasteiger partial charge in [0.25, 0.3) is 5.56 Å². The van der Waals surface area contributed by atoms with Gasteiger partial charge < -0.3 is 9.47 Å². The second-order valence-electron chi connectivity index (χ2n) is 6.31. The summed E-state index contributed by atoms with van der Waals surface area (Å²) in [6, 6.07) is 14.2. The molecule has 1 unspecified atom stereocenters. The molecule has 0 bridgehead atoms. The summed E-state index contributed by atoms with van der Waals surface area (Å²) < 4.78 is 12.4. The molecule has 0 aliphatic carbocycles. The number of aromatic nitrogens is 2. The third-order valence-electron chi connectivity index (χ3n) is 4.49. The molecular weight excluding hydrogens is 360 g/mol. The van der Waals surface area contributed by atoms with E-state index in [0.717, 1.165) is 0 Å². The van der Waals surface area contributed by atoms with Crippen molar-refractivity contribution in [2.75, 3.05) is 7.11 Å². The van der Waals surface area contributed by atoms with Gasteiger partial charge in [0.1, 0.15) is 11.6 Å². The average molecular weight is 378 g/mol. The summed E-state index contributed by atoms with van der Waals surface area (Å²) in [7, 11) is 1.58. The first-order valence-corrected chi connectivity index (χ1v) is 8.67. The van der Waals surface area contributed by atoms with Gasteiger partial charge in [0, 0.05) is 12.5 Å². The standard InChI is InChI=1S/C20H18N4O4/c1-12-21-17-7-5-4-6-16(17)18(26)23(12)20-22-24(13(2)25)19(28-20)14-8-10-15(27-3)11-9-14/h4-11,19H,1-3H3. The Hall–Kier alpha value is -3.68. The minimum absolute atomic E-state index is 0.0109. The first-order valence-electron chi connectivity index (χ1n) is 8.67. The van der Waals surface area contributed by atoms with Crippen molar-refractivity contribution in [1.29, 1.82) is 0 Å². The van der Waals surface area contributed by atoms with Gasteiger partial charge >= 0.3 is 6.02 Å². The number of rotatable bonds is 2. The molecule has 1 amide bonds. The number of methoxy groups -OCH3 is 1. The van der Waals surface area contributed by atoms with Crippen LogP contribution in [-0.2, 0) is 9.53 Å². The second-order valence-corrected chi connectivity index (χ2v) is 6.31. The molecule has 8 nitrogen and oxygen atoms in total. The SMILES string of the molecule is COc1ccc(C2OC(n3c(C)nc4ccccc4c3=O)=NN2C(C)=O)cc1. The summed E-state index contributed by atoms with van der Waals surface area (Å²) in [5.74, 6) is 0.791. The van der Waals surface area contributed by atoms with Crippen LogP contribution in [0.5, 0.6) is 5.75 Å². The van der Waals surface area contributed by atoms with Crippen molar-refractivity contribution in [3.63, 3.8) is 0 Å². The number of amides is 1. The van der Waals surface area contributed by atoms with Gasteiger partial charge in [-0.25, -0.2) is 9.55 Å². The molecule has 0 spiro atoms. The average Bonchev–Trinajstić information content (AvgIpc) is 3.13. The molecule has 0 saturated heterocycles. The molecule has 0 radical (unpaired) electrons. The van der Waals surface area contributed by atoms with E-state index in [2.05, 4.69) is 10.1 Å². The van der Waals surface area contributed by atoms with E-state index in [9.17, 15) is 9.59 Å². The van der Waals surface area contributed by atoms with Crippen molar-refractivity contribution in [3.05, 3.63) is 70.3 Å². The summed E-state index contributed by atoms with van der Waals surface area (Å²) in [6.45, 7) is 3.08. The largest absolute Gasteiger partial charge is 0.497 e. The fourth-order valence-corrected chi connectivity index (χ4v) is 3.10. The highest BCUT2D eigenvalue weighted by atomic mass is 16.5. The minimum atomic E-state index is -0.781. The Bertz CT molecular complexity index is 1150. The maximum absolute atomic E-state index is 13.0. The van der Waals surface area contributed by atoms with Gasteiger partial charge in [0.2, 0.25) is 12.1 Å². The lowest BCUT2D eigenvalue weighted by molar-refractivity contribution is -0.135. The first kappa shape index (κ1) is 17.7. The predicted molar refractivity (Wildman–Crippen MR) is 103 cm³/mol. The molecule has 8 heteroatoms. The zero-order valence-electron chi connectivity index (χ0n) is 15.6. The Balaban J connectivity index is 1.79. The molecule has 2 aromatic carbocycles. The lowest BCUT2D eigenvalue weighted by Gasteiger charge is -2.19. The summed E-state index contributed by atoms with van der Waals surface area (Å²) in [5.41, 5.74) is 0.991. The number of hydrogen-bond acceptors (Lipinski definition) is 6. The molecule has 0 saturated carbocycles. The van der Waals surface area contributed by atoms with Gasteiger partial charge in [-0.05, 0) is 43.3 Å². The number of hydrazone groups is 1. The molecule has 0 N–H and O–H groups in total. The van der Waals surface area contributed by atoms with Gasteiger partial charge in [-0.2, -0.15) is 5.01 Å². The summed E-state index contributed by atoms with van der Waals surface area (Å²) >= 11 is 0. The number of para-hydroxylation sites is 1. The number of ether oxygens (including phenoxy) is 2. The van der Waals surface area contributed by atoms with Crippen molar-refractivity contribution in [1.82, 2.24) is 14.6 Å². The quantitative estimate of drug-likeness (QED) is 0.684. The van der Waals surface area contributed by atoms with Crippen LogP contribution in [0.25, 0.3) is 10.9 Å². The highest BCUT2D eigenvalue weighted by Crippen LogP contribution is 2.30. The van der Waals surface area contributed by atoms with Crippen LogP contribution in [0, 0.1) is 6.92 Å². The third kappa shape index (κ3) is 2.88. The lowest BCUT2D eigenvalue weighted by Crippen LogP contribution is -2.31. The molecule has 1 atom stereocenters. The van der Waals surface area contributed by atoms with E-state index in [1.165, 1.54) is 16.5 Å². The van der Waals surface area contributed by atoms with Crippen molar-refractivity contribution < 1.29 is 14.3 Å². The Morgan fingerprint density at radius 2 is 1.86 bits per heavy atom. The van der Waals surface area contributed by atoms with Crippen LogP contribution in [0.15, 0.2) is 58.4 Å². The van der Waals surface area contributed by atoms with Gasteiger partial charge in [-0.15, -0.1) is 5.10 Å². The number of hydrogen-bond donors (Lipinski definition) is 0. The van der Waals surface area contributed by atoms with Crippen LogP contribution in [-0.4, -0.2) is 33.6 Å². The normalized spacial score (nSPS) is 16.0. The van der Waals surface area contributed by atoms with Crippen LogP contribution in [0.3, 0.4) is 0 Å². The fraction of sp³-hybridized carbons (Fsp3) is 0.200. The lowest BCUT2D eigenvalue weighted by atomic mass is 10.2. The van der Waals surface area contributed by atoms with Crippen LogP contribution >= 0.6 is 0 Å². The summed E-state index contributed by atoms with van der Waals surface area (Å²) in [5, 5.41) is 5.91. The van der Waals surface area contributed by atoms with Crippen molar-refractivity contribution >= 4 is 22.8 Å². The van der Waals surface area contributed by atoms with E-state index in [1.54, 1.807) is 56.5 Å². The fourth-order valence-electron chi connectivity index (χ4n) is 3.10. The smallest absolute Gasteiger partial charge is 0.324 e. The van der Waals surface area contributed by atoms with Gasteiger partial charge in [-0.3, -0.25) is 9.59 Å². The van der Waals surface area contributed by atoms with Crippen molar-refractivity contribution in [3.8, 4) is 5.75 Å². The van der Waals surface area contributed by atoms with Crippen LogP contribution < -0.4 is 10.3 Å². The highest BCUT2D eigenvalue weighted by Gasteiger charge is 2.34. The first-order chi connectivity index (χ1) is 13.5. The zero-order valence-corrected chi connectivity index (χ0v) is 15.6. The zero-order chi connectivity index (χ0) is 19.8. The predicted octanol–water partition coefficient (Wildman–Crippen LogP) is 2.41. The van der Waals surface area contributed by atoms with Crippen molar-refractivity contribution in [2.24, 2.45) is 5.10 Å². The number of aryl methyl sites for hydroxylation is 1. The Morgan fingerprint density at radius 3 is 2.54 bits per heavy atom. The molecule has 0 fully saturated rings. The molecule has 28 heavy (non-hydrogen) atoms. The van der Waals surface area contributed by atoms with E-state index < -0.39 is 6.23 Å². The molecule has 142 valence electrons. The van der Waals surface area contributed by atoms with E-state index >= 15 is 0 Å². The highest BCUT2D eigenvalue weighted by molar-refractivity contribution is 5.86. The van der Waals surface area contributed by atoms with Crippen molar-refractivity contribution in [2.45, 2.75) is 20.1 Å². The Labute approximate surface area is 160 Å². The molecule has 3 aromatic rings. The topological polar surface area (TPSA) is 86.0 Å². The molecule has 1 aliphatic heterocycles. The molecule has 4 rings (SSSR count). The van der Waals surface area contributed by atoms with E-state index in [1.807, 2.05) is 6.07 Å². The number of fused-ring (bicyclic) bond motifs is 1. The third-order valence-corrected chi connectivity index (χ3v) is 4.49. The van der Waals surface area contributed by atoms with E-state index in [4.69, 9.17) is 9.47 Å².